The first-order valence-corrected chi connectivity index (χ1v) is 11.1. The Morgan fingerprint density at radius 2 is 1.87 bits per heavy atom. The molecule has 0 aliphatic heterocycles. The van der Waals surface area contributed by atoms with Gasteiger partial charge in [-0.05, 0) is 36.4 Å². The molecule has 0 bridgehead atoms. The van der Waals surface area contributed by atoms with E-state index in [1.807, 2.05) is 6.07 Å². The Morgan fingerprint density at radius 1 is 1.13 bits per heavy atom. The third-order valence-corrected chi connectivity index (χ3v) is 6.34. The van der Waals surface area contributed by atoms with Gasteiger partial charge in [-0.1, -0.05) is 37.5 Å². The van der Waals surface area contributed by atoms with Gasteiger partial charge in [0.2, 0.25) is 0 Å². The van der Waals surface area contributed by atoms with E-state index in [1.54, 1.807) is 32.2 Å². The summed E-state index contributed by atoms with van der Waals surface area (Å²) in [5, 5.41) is 10.4. The minimum atomic E-state index is -3.51. The summed E-state index contributed by atoms with van der Waals surface area (Å²) >= 11 is 0. The van der Waals surface area contributed by atoms with Crippen LogP contribution >= 0.6 is 0 Å². The maximum absolute atomic E-state index is 12.4. The first-order chi connectivity index (χ1) is 14.8. The zero-order valence-corrected chi connectivity index (χ0v) is 17.9. The van der Waals surface area contributed by atoms with Crippen molar-refractivity contribution in [2.24, 2.45) is 7.05 Å². The molecule has 0 unspecified atom stereocenters. The number of aromatic hydroxyl groups is 1. The Labute approximate surface area is 181 Å². The topological polar surface area (TPSA) is 85.6 Å². The predicted molar refractivity (Wildman–Crippen MR) is 120 cm³/mol. The molecule has 0 amide bonds. The summed E-state index contributed by atoms with van der Waals surface area (Å²) < 4.78 is 32.3. The Kier molecular flexibility index (Phi) is 6.33. The highest BCUT2D eigenvalue weighted by atomic mass is 32.2. The normalized spacial score (nSPS) is 10.8. The number of nitrogens with zero attached hydrogens (tertiary/aromatic N) is 1. The second-order valence-corrected chi connectivity index (χ2v) is 8.93. The van der Waals surface area contributed by atoms with E-state index < -0.39 is 15.4 Å². The van der Waals surface area contributed by atoms with Crippen molar-refractivity contribution >= 4 is 9.84 Å². The Hall–Kier alpha value is -3.76. The van der Waals surface area contributed by atoms with Crippen LogP contribution in [0.5, 0.6) is 17.2 Å². The highest BCUT2D eigenvalue weighted by Gasteiger charge is 2.19. The van der Waals surface area contributed by atoms with E-state index in [0.29, 0.717) is 22.6 Å². The maximum atomic E-state index is 12.4. The molecule has 1 aromatic heterocycles. The smallest absolute Gasteiger partial charge is 0.254 e. The first kappa shape index (κ1) is 21.9. The van der Waals surface area contributed by atoms with Crippen LogP contribution in [0.25, 0.3) is 11.1 Å². The SMILES string of the molecule is C=CC#Cc1ccccc1Oc1ccc(S(=O)(=O)CC)cc1-c1cn(C)c(=O)cc1O. The number of allylic oxidation sites excluding steroid dienone is 1. The Morgan fingerprint density at radius 3 is 2.58 bits per heavy atom. The van der Waals surface area contributed by atoms with Crippen molar-refractivity contribution in [3.05, 3.63) is 83.3 Å². The molecule has 1 N–H and O–H groups in total. The van der Waals surface area contributed by atoms with Crippen LogP contribution in [0, 0.1) is 11.8 Å². The van der Waals surface area contributed by atoms with Gasteiger partial charge in [0, 0.05) is 30.4 Å². The lowest BCUT2D eigenvalue weighted by molar-refractivity contribution is 0.469. The van der Waals surface area contributed by atoms with E-state index in [0.717, 1.165) is 6.07 Å². The highest BCUT2D eigenvalue weighted by Crippen LogP contribution is 2.39. The van der Waals surface area contributed by atoms with Gasteiger partial charge in [-0.2, -0.15) is 0 Å². The average molecular weight is 436 g/mol. The molecule has 0 fully saturated rings. The van der Waals surface area contributed by atoms with Crippen LogP contribution in [0.2, 0.25) is 0 Å². The van der Waals surface area contributed by atoms with Crippen molar-refractivity contribution in [1.29, 1.82) is 0 Å². The lowest BCUT2D eigenvalue weighted by Crippen LogP contribution is -2.14. The second kappa shape index (κ2) is 8.94. The number of para-hydroxylation sites is 1. The molecule has 6 nitrogen and oxygen atoms in total. The summed E-state index contributed by atoms with van der Waals surface area (Å²) in [5.41, 5.74) is 0.809. The molecule has 7 heteroatoms. The van der Waals surface area contributed by atoms with Crippen LogP contribution in [-0.2, 0) is 16.9 Å². The largest absolute Gasteiger partial charge is 0.507 e. The fourth-order valence-corrected chi connectivity index (χ4v) is 3.81. The molecule has 31 heavy (non-hydrogen) atoms. The monoisotopic (exact) mass is 435 g/mol. The minimum Gasteiger partial charge on any atom is -0.507 e. The maximum Gasteiger partial charge on any atom is 0.254 e. The van der Waals surface area contributed by atoms with Crippen molar-refractivity contribution in [3.63, 3.8) is 0 Å². The first-order valence-electron chi connectivity index (χ1n) is 9.43. The van der Waals surface area contributed by atoms with Gasteiger partial charge in [0.05, 0.1) is 16.2 Å². The van der Waals surface area contributed by atoms with Crippen LogP contribution in [0.1, 0.15) is 12.5 Å². The van der Waals surface area contributed by atoms with Crippen LogP contribution in [0.15, 0.2) is 77.1 Å². The molecule has 0 aliphatic rings. The van der Waals surface area contributed by atoms with Crippen LogP contribution in [0.3, 0.4) is 0 Å². The van der Waals surface area contributed by atoms with Crippen LogP contribution < -0.4 is 10.3 Å². The molecule has 158 valence electrons. The fraction of sp³-hybridized carbons (Fsp3) is 0.125. The Bertz CT molecular complexity index is 1380. The lowest BCUT2D eigenvalue weighted by atomic mass is 10.1. The van der Waals surface area contributed by atoms with Gasteiger partial charge < -0.3 is 14.4 Å². The number of aryl methyl sites for hydroxylation is 1. The molecule has 3 rings (SSSR count). The average Bonchev–Trinajstić information content (AvgIpc) is 2.76. The van der Waals surface area contributed by atoms with Crippen LogP contribution in [0.4, 0.5) is 0 Å². The summed E-state index contributed by atoms with van der Waals surface area (Å²) in [6, 6.07) is 12.6. The van der Waals surface area contributed by atoms with Gasteiger partial charge >= 0.3 is 0 Å². The van der Waals surface area contributed by atoms with E-state index in [1.165, 1.54) is 35.0 Å². The Balaban J connectivity index is 2.24. The van der Waals surface area contributed by atoms with Crippen molar-refractivity contribution in [2.45, 2.75) is 11.8 Å². The molecule has 3 aromatic rings. The number of ether oxygens (including phenoxy) is 1. The molecule has 0 spiro atoms. The number of benzene rings is 2. The lowest BCUT2D eigenvalue weighted by Gasteiger charge is -2.15. The van der Waals surface area contributed by atoms with Crippen molar-refractivity contribution < 1.29 is 18.3 Å². The molecular weight excluding hydrogens is 414 g/mol. The summed E-state index contributed by atoms with van der Waals surface area (Å²) in [4.78, 5) is 12.0. The van der Waals surface area contributed by atoms with Crippen LogP contribution in [-0.4, -0.2) is 23.8 Å². The summed E-state index contributed by atoms with van der Waals surface area (Å²) in [6.45, 7) is 5.14. The number of pyridine rings is 1. The highest BCUT2D eigenvalue weighted by molar-refractivity contribution is 7.91. The predicted octanol–water partition coefficient (Wildman–Crippen LogP) is 3.88. The van der Waals surface area contributed by atoms with Gasteiger partial charge in [0.1, 0.15) is 17.2 Å². The number of rotatable bonds is 5. The van der Waals surface area contributed by atoms with Gasteiger partial charge in [-0.15, -0.1) is 0 Å². The second-order valence-electron chi connectivity index (χ2n) is 6.65. The third kappa shape index (κ3) is 4.71. The summed E-state index contributed by atoms with van der Waals surface area (Å²) in [6.07, 6.45) is 2.90. The number of aromatic nitrogens is 1. The van der Waals surface area contributed by atoms with Gasteiger partial charge in [0.15, 0.2) is 9.84 Å². The summed E-state index contributed by atoms with van der Waals surface area (Å²) in [7, 11) is -1.97. The molecule has 2 aromatic carbocycles. The van der Waals surface area contributed by atoms with Crippen molar-refractivity contribution in [3.8, 4) is 40.2 Å². The van der Waals surface area contributed by atoms with E-state index in [2.05, 4.69) is 18.4 Å². The van der Waals surface area contributed by atoms with E-state index in [4.69, 9.17) is 4.74 Å². The quantitative estimate of drug-likeness (QED) is 0.615. The number of hydrogen-bond acceptors (Lipinski definition) is 5. The number of sulfone groups is 1. The summed E-state index contributed by atoms with van der Waals surface area (Å²) in [5.74, 6) is 6.10. The third-order valence-electron chi connectivity index (χ3n) is 4.60. The van der Waals surface area contributed by atoms with E-state index in [9.17, 15) is 18.3 Å². The zero-order chi connectivity index (χ0) is 22.6. The molecular formula is C24H21NO5S. The zero-order valence-electron chi connectivity index (χ0n) is 17.1. The van der Waals surface area contributed by atoms with Crippen molar-refractivity contribution in [1.82, 2.24) is 4.57 Å². The standard InChI is InChI=1S/C24H21NO5S/c1-4-6-9-17-10-7-8-11-22(17)30-23-13-12-18(31(28,29)5-2)14-19(23)20-16-25(3)24(27)15-21(20)26/h4,7-8,10-16,26H,1,5H2,2-3H3. The van der Waals surface area contributed by atoms with E-state index in [-0.39, 0.29) is 22.0 Å². The molecule has 0 radical (unpaired) electrons. The molecule has 0 saturated heterocycles. The molecule has 0 saturated carbocycles. The van der Waals surface area contributed by atoms with Gasteiger partial charge in [0.25, 0.3) is 5.56 Å². The molecule has 0 aliphatic carbocycles. The number of hydrogen-bond donors (Lipinski definition) is 1. The molecule has 1 heterocycles. The van der Waals surface area contributed by atoms with E-state index >= 15 is 0 Å². The van der Waals surface area contributed by atoms with Crippen molar-refractivity contribution in [2.75, 3.05) is 5.75 Å². The molecule has 0 atom stereocenters. The fourth-order valence-electron chi connectivity index (χ4n) is 2.90. The minimum absolute atomic E-state index is 0.0775. The van der Waals surface area contributed by atoms with Gasteiger partial charge in [-0.3, -0.25) is 4.79 Å². The van der Waals surface area contributed by atoms with Gasteiger partial charge in [-0.25, -0.2) is 8.42 Å².